The van der Waals surface area contributed by atoms with Crippen molar-refractivity contribution in [3.8, 4) is 11.3 Å². The van der Waals surface area contributed by atoms with Crippen LogP contribution in [0.4, 0.5) is 5.95 Å². The topological polar surface area (TPSA) is 95.3 Å². The Labute approximate surface area is 140 Å². The van der Waals surface area contributed by atoms with Gasteiger partial charge in [0.05, 0.1) is 5.69 Å². The summed E-state index contributed by atoms with van der Waals surface area (Å²) in [4.78, 5) is 34.8. The molecule has 1 aliphatic rings. The number of amides is 1. The van der Waals surface area contributed by atoms with E-state index in [1.807, 2.05) is 4.90 Å². The molecule has 2 heterocycles. The van der Waals surface area contributed by atoms with Crippen molar-refractivity contribution in [2.24, 2.45) is 0 Å². The first kappa shape index (κ1) is 16.2. The Hall–Kier alpha value is -2.67. The number of benzene rings is 1. The summed E-state index contributed by atoms with van der Waals surface area (Å²) in [5, 5.41) is 0. The van der Waals surface area contributed by atoms with E-state index < -0.39 is 0 Å². The van der Waals surface area contributed by atoms with Crippen molar-refractivity contribution in [1.82, 2.24) is 19.8 Å². The van der Waals surface area contributed by atoms with Crippen LogP contribution in [0.15, 0.2) is 35.1 Å². The number of anilines is 1. The first-order valence-corrected chi connectivity index (χ1v) is 8.05. The molecule has 7 heteroatoms. The Bertz CT molecular complexity index is 776. The lowest BCUT2D eigenvalue weighted by Crippen LogP contribution is -2.48. The van der Waals surface area contributed by atoms with Gasteiger partial charge in [-0.25, -0.2) is 4.98 Å². The molecule has 3 rings (SSSR count). The number of nitrogens with one attached hydrogen (secondary N) is 1. The highest BCUT2D eigenvalue weighted by molar-refractivity contribution is 5.94. The molecule has 126 valence electrons. The second kappa shape index (κ2) is 6.84. The van der Waals surface area contributed by atoms with Gasteiger partial charge in [0.1, 0.15) is 0 Å². The number of aromatic amines is 1. The van der Waals surface area contributed by atoms with E-state index >= 15 is 0 Å². The fourth-order valence-electron chi connectivity index (χ4n) is 2.86. The van der Waals surface area contributed by atoms with Crippen LogP contribution < -0.4 is 11.3 Å². The average Bonchev–Trinajstić information content (AvgIpc) is 2.60. The lowest BCUT2D eigenvalue weighted by molar-refractivity contribution is 0.0643. The van der Waals surface area contributed by atoms with Crippen LogP contribution in [-0.4, -0.2) is 58.4 Å². The quantitative estimate of drug-likeness (QED) is 0.869. The lowest BCUT2D eigenvalue weighted by atomic mass is 10.1. The fraction of sp³-hybridized carbons (Fsp3) is 0.353. The average molecular weight is 327 g/mol. The van der Waals surface area contributed by atoms with Crippen molar-refractivity contribution < 1.29 is 4.79 Å². The summed E-state index contributed by atoms with van der Waals surface area (Å²) >= 11 is 0. The smallest absolute Gasteiger partial charge is 0.253 e. The highest BCUT2D eigenvalue weighted by Gasteiger charge is 2.21. The van der Waals surface area contributed by atoms with E-state index in [1.165, 1.54) is 6.07 Å². The number of nitrogens with zero attached hydrogens (tertiary/aromatic N) is 3. The van der Waals surface area contributed by atoms with Gasteiger partial charge in [-0.15, -0.1) is 0 Å². The maximum atomic E-state index is 12.6. The molecule has 0 spiro atoms. The van der Waals surface area contributed by atoms with Gasteiger partial charge in [0, 0.05) is 43.4 Å². The monoisotopic (exact) mass is 327 g/mol. The number of H-pyrrole nitrogens is 1. The Kier molecular flexibility index (Phi) is 4.61. The van der Waals surface area contributed by atoms with Gasteiger partial charge in [0.2, 0.25) is 5.95 Å². The first-order chi connectivity index (χ1) is 11.6. The number of rotatable bonds is 3. The molecule has 7 nitrogen and oxygen atoms in total. The molecule has 1 amide bonds. The van der Waals surface area contributed by atoms with Crippen molar-refractivity contribution in [1.29, 1.82) is 0 Å². The predicted molar refractivity (Wildman–Crippen MR) is 92.7 cm³/mol. The van der Waals surface area contributed by atoms with Gasteiger partial charge in [-0.3, -0.25) is 14.6 Å². The zero-order valence-corrected chi connectivity index (χ0v) is 13.7. The van der Waals surface area contributed by atoms with Crippen molar-refractivity contribution in [2.75, 3.05) is 38.5 Å². The molecule has 3 N–H and O–H groups in total. The highest BCUT2D eigenvalue weighted by atomic mass is 16.2. The number of aromatic nitrogens is 2. The van der Waals surface area contributed by atoms with Crippen LogP contribution in [0.5, 0.6) is 0 Å². The van der Waals surface area contributed by atoms with Crippen LogP contribution in [0.2, 0.25) is 0 Å². The number of nitrogens with two attached hydrogens (primary N) is 1. The third-order valence-electron chi connectivity index (χ3n) is 4.29. The summed E-state index contributed by atoms with van der Waals surface area (Å²) in [6, 6.07) is 8.50. The Balaban J connectivity index is 1.74. The lowest BCUT2D eigenvalue weighted by Gasteiger charge is -2.34. The third-order valence-corrected chi connectivity index (χ3v) is 4.29. The van der Waals surface area contributed by atoms with E-state index in [2.05, 4.69) is 21.8 Å². The zero-order valence-electron chi connectivity index (χ0n) is 13.7. The molecule has 24 heavy (non-hydrogen) atoms. The number of carbonyl (C=O) groups is 1. The summed E-state index contributed by atoms with van der Waals surface area (Å²) in [6.07, 6.45) is 0. The number of carbonyl (C=O) groups excluding carboxylic acids is 1. The van der Waals surface area contributed by atoms with Gasteiger partial charge in [-0.1, -0.05) is 19.1 Å². The maximum Gasteiger partial charge on any atom is 0.253 e. The molecule has 0 aliphatic carbocycles. The minimum atomic E-state index is -0.300. The van der Waals surface area contributed by atoms with Gasteiger partial charge in [-0.2, -0.15) is 0 Å². The SMILES string of the molecule is CCN1CCN(C(=O)c2ccc(-c3cc(=O)[nH]c(N)n3)cc2)CC1. The normalized spacial score (nSPS) is 15.5. The van der Waals surface area contributed by atoms with E-state index in [0.29, 0.717) is 11.3 Å². The fourth-order valence-corrected chi connectivity index (χ4v) is 2.86. The van der Waals surface area contributed by atoms with Crippen LogP contribution in [-0.2, 0) is 0 Å². The maximum absolute atomic E-state index is 12.6. The van der Waals surface area contributed by atoms with Crippen molar-refractivity contribution in [2.45, 2.75) is 6.92 Å². The van der Waals surface area contributed by atoms with Crippen molar-refractivity contribution in [3.05, 3.63) is 46.2 Å². The van der Waals surface area contributed by atoms with Gasteiger partial charge in [0.15, 0.2) is 0 Å². The van der Waals surface area contributed by atoms with Crippen LogP contribution in [0.25, 0.3) is 11.3 Å². The van der Waals surface area contributed by atoms with E-state index in [1.54, 1.807) is 24.3 Å². The Morgan fingerprint density at radius 1 is 1.21 bits per heavy atom. The summed E-state index contributed by atoms with van der Waals surface area (Å²) in [5.41, 5.74) is 7.15. The molecular weight excluding hydrogens is 306 g/mol. The molecule has 0 unspecified atom stereocenters. The summed E-state index contributed by atoms with van der Waals surface area (Å²) in [7, 11) is 0. The molecule has 0 saturated carbocycles. The standard InChI is InChI=1S/C17H21N5O2/c1-2-21-7-9-22(10-8-21)16(24)13-5-3-12(4-6-13)14-11-15(23)20-17(18)19-14/h3-6,11H,2,7-10H2,1H3,(H3,18,19,20,23). The van der Waals surface area contributed by atoms with Crippen LogP contribution in [0.1, 0.15) is 17.3 Å². The van der Waals surface area contributed by atoms with E-state index in [0.717, 1.165) is 38.3 Å². The van der Waals surface area contributed by atoms with Crippen molar-refractivity contribution in [3.63, 3.8) is 0 Å². The third kappa shape index (κ3) is 3.46. The van der Waals surface area contributed by atoms with Gasteiger partial charge in [-0.05, 0) is 18.7 Å². The second-order valence-electron chi connectivity index (χ2n) is 5.82. The molecule has 1 aromatic carbocycles. The molecule has 1 aromatic heterocycles. The van der Waals surface area contributed by atoms with Crippen molar-refractivity contribution >= 4 is 11.9 Å². The van der Waals surface area contributed by atoms with E-state index in [-0.39, 0.29) is 17.4 Å². The molecular formula is C17H21N5O2. The van der Waals surface area contributed by atoms with Gasteiger partial charge >= 0.3 is 0 Å². The largest absolute Gasteiger partial charge is 0.369 e. The van der Waals surface area contributed by atoms with Gasteiger partial charge < -0.3 is 15.5 Å². The molecule has 1 aliphatic heterocycles. The van der Waals surface area contributed by atoms with E-state index in [9.17, 15) is 9.59 Å². The zero-order chi connectivity index (χ0) is 17.1. The van der Waals surface area contributed by atoms with Gasteiger partial charge in [0.25, 0.3) is 11.5 Å². The summed E-state index contributed by atoms with van der Waals surface area (Å²) in [5.74, 6) is 0.113. The minimum absolute atomic E-state index is 0.0377. The van der Waals surface area contributed by atoms with Crippen LogP contribution in [0.3, 0.4) is 0 Å². The number of piperazine rings is 1. The first-order valence-electron chi connectivity index (χ1n) is 8.05. The molecule has 1 saturated heterocycles. The summed E-state index contributed by atoms with van der Waals surface area (Å²) in [6.45, 7) is 6.47. The van der Waals surface area contributed by atoms with Crippen LogP contribution in [0, 0.1) is 0 Å². The second-order valence-corrected chi connectivity index (χ2v) is 5.82. The summed E-state index contributed by atoms with van der Waals surface area (Å²) < 4.78 is 0. The molecule has 1 fully saturated rings. The minimum Gasteiger partial charge on any atom is -0.369 e. The molecule has 0 bridgehead atoms. The molecule has 0 radical (unpaired) electrons. The van der Waals surface area contributed by atoms with Crippen LogP contribution >= 0.6 is 0 Å². The molecule has 0 atom stereocenters. The number of hydrogen-bond acceptors (Lipinski definition) is 5. The Morgan fingerprint density at radius 2 is 1.88 bits per heavy atom. The highest BCUT2D eigenvalue weighted by Crippen LogP contribution is 2.18. The molecule has 2 aromatic rings. The number of hydrogen-bond donors (Lipinski definition) is 2. The Morgan fingerprint density at radius 3 is 2.46 bits per heavy atom. The van der Waals surface area contributed by atoms with E-state index in [4.69, 9.17) is 5.73 Å². The predicted octanol–water partition coefficient (Wildman–Crippen LogP) is 0.797. The number of nitrogen functional groups attached to an aromatic ring is 1. The number of likely N-dealkylation sites (N-methyl/N-ethyl adjacent to an activating group) is 1.